The maximum absolute atomic E-state index is 12.9. The smallest absolute Gasteiger partial charge is 0.338 e. The van der Waals surface area contributed by atoms with E-state index in [9.17, 15) is 18.0 Å². The molecule has 1 aromatic carbocycles. The zero-order valence-corrected chi connectivity index (χ0v) is 17.4. The Balaban J connectivity index is 0.00000280. The van der Waals surface area contributed by atoms with E-state index in [2.05, 4.69) is 18.7 Å². The largest absolute Gasteiger partial charge is 0.416 e. The van der Waals surface area contributed by atoms with E-state index in [1.807, 2.05) is 4.90 Å². The Morgan fingerprint density at radius 3 is 2.29 bits per heavy atom. The lowest BCUT2D eigenvalue weighted by Crippen LogP contribution is -2.53. The monoisotopic (exact) mass is 418 g/mol. The van der Waals surface area contributed by atoms with Crippen LogP contribution in [0.25, 0.3) is 0 Å². The summed E-state index contributed by atoms with van der Waals surface area (Å²) in [6.45, 7) is 8.33. The highest BCUT2D eigenvalue weighted by molar-refractivity contribution is 5.85. The first-order valence-corrected chi connectivity index (χ1v) is 9.82. The first-order chi connectivity index (χ1) is 12.6. The van der Waals surface area contributed by atoms with Gasteiger partial charge in [-0.15, -0.1) is 12.4 Å². The summed E-state index contributed by atoms with van der Waals surface area (Å²) in [5.74, 6) is 0.0226. The van der Waals surface area contributed by atoms with Gasteiger partial charge >= 0.3 is 6.18 Å². The fourth-order valence-corrected chi connectivity index (χ4v) is 4.30. The zero-order chi connectivity index (χ0) is 19.7. The molecule has 1 amide bonds. The van der Waals surface area contributed by atoms with Crippen molar-refractivity contribution in [3.8, 4) is 0 Å². The van der Waals surface area contributed by atoms with Crippen LogP contribution < -0.4 is 0 Å². The lowest BCUT2D eigenvalue weighted by molar-refractivity contribution is -0.137. The second-order valence-corrected chi connectivity index (χ2v) is 8.74. The van der Waals surface area contributed by atoms with E-state index in [1.165, 1.54) is 25.0 Å². The fourth-order valence-electron chi connectivity index (χ4n) is 4.30. The minimum absolute atomic E-state index is 0. The summed E-state index contributed by atoms with van der Waals surface area (Å²) in [4.78, 5) is 17.3. The Hall–Kier alpha value is -1.27. The molecule has 0 aliphatic carbocycles. The van der Waals surface area contributed by atoms with Crippen LogP contribution in [-0.4, -0.2) is 47.9 Å². The minimum atomic E-state index is -4.35. The van der Waals surface area contributed by atoms with Gasteiger partial charge in [0.15, 0.2) is 0 Å². The van der Waals surface area contributed by atoms with E-state index >= 15 is 0 Å². The Kier molecular flexibility index (Phi) is 7.43. The van der Waals surface area contributed by atoms with Gasteiger partial charge in [0.25, 0.3) is 0 Å². The number of nitrogens with zero attached hydrogens (tertiary/aromatic N) is 2. The number of amides is 1. The molecule has 0 spiro atoms. The van der Waals surface area contributed by atoms with Crippen molar-refractivity contribution >= 4 is 18.3 Å². The van der Waals surface area contributed by atoms with Crippen molar-refractivity contribution in [1.82, 2.24) is 9.80 Å². The van der Waals surface area contributed by atoms with Crippen LogP contribution in [0.4, 0.5) is 13.2 Å². The van der Waals surface area contributed by atoms with Gasteiger partial charge in [-0.2, -0.15) is 13.2 Å². The lowest BCUT2D eigenvalue weighted by Gasteiger charge is -2.45. The van der Waals surface area contributed by atoms with E-state index in [-0.39, 0.29) is 36.2 Å². The number of benzene rings is 1. The van der Waals surface area contributed by atoms with Gasteiger partial charge in [-0.25, -0.2) is 0 Å². The average molecular weight is 419 g/mol. The average Bonchev–Trinajstić information content (AvgIpc) is 3.06. The maximum atomic E-state index is 12.9. The second kappa shape index (κ2) is 9.04. The second-order valence-electron chi connectivity index (χ2n) is 8.74. The molecule has 1 atom stereocenters. The van der Waals surface area contributed by atoms with Gasteiger partial charge < -0.3 is 9.80 Å². The van der Waals surface area contributed by atoms with Crippen LogP contribution in [0.2, 0.25) is 0 Å². The van der Waals surface area contributed by atoms with E-state index < -0.39 is 11.7 Å². The fraction of sp³-hybridized carbons (Fsp3) is 0.667. The summed E-state index contributed by atoms with van der Waals surface area (Å²) < 4.78 is 38.1. The Morgan fingerprint density at radius 2 is 1.71 bits per heavy atom. The Morgan fingerprint density at radius 1 is 1.11 bits per heavy atom. The van der Waals surface area contributed by atoms with Crippen LogP contribution in [0, 0.1) is 5.41 Å². The van der Waals surface area contributed by atoms with Gasteiger partial charge in [0.05, 0.1) is 12.0 Å². The molecule has 2 fully saturated rings. The number of carbonyl (C=O) groups is 1. The predicted molar refractivity (Wildman–Crippen MR) is 107 cm³/mol. The first-order valence-electron chi connectivity index (χ1n) is 9.82. The molecule has 0 saturated carbocycles. The Bertz CT molecular complexity index is 655. The molecule has 3 nitrogen and oxygen atoms in total. The van der Waals surface area contributed by atoms with Gasteiger partial charge in [-0.1, -0.05) is 26.0 Å². The van der Waals surface area contributed by atoms with Crippen molar-refractivity contribution in [2.75, 3.05) is 26.2 Å². The van der Waals surface area contributed by atoms with Crippen LogP contribution >= 0.6 is 12.4 Å². The normalized spacial score (nSPS) is 22.8. The molecule has 2 aliphatic rings. The minimum Gasteiger partial charge on any atom is -0.338 e. The highest BCUT2D eigenvalue weighted by atomic mass is 35.5. The van der Waals surface area contributed by atoms with E-state index in [1.54, 1.807) is 0 Å². The molecule has 0 bridgehead atoms. The number of piperidine rings is 1. The molecule has 0 N–H and O–H groups in total. The number of likely N-dealkylation sites (tertiary alicyclic amines) is 2. The molecule has 28 heavy (non-hydrogen) atoms. The standard InChI is InChI=1S/C21H29F3N2O.ClH/c1-20(2)9-12-26(18(14-20)15-25-10-3-4-11-25)19(27)13-16-5-7-17(8-6-16)21(22,23)24;/h5-8,18H,3-4,9-15H2,1-2H3;1H. The molecule has 1 aromatic rings. The number of alkyl halides is 3. The maximum Gasteiger partial charge on any atom is 0.416 e. The molecule has 7 heteroatoms. The van der Waals surface area contributed by atoms with Gasteiger partial charge in [-0.05, 0) is 61.9 Å². The number of hydrogen-bond acceptors (Lipinski definition) is 2. The molecular formula is C21H30ClF3N2O. The quantitative estimate of drug-likeness (QED) is 0.702. The highest BCUT2D eigenvalue weighted by Gasteiger charge is 2.37. The van der Waals surface area contributed by atoms with Crippen molar-refractivity contribution < 1.29 is 18.0 Å². The first kappa shape index (κ1) is 23.0. The van der Waals surface area contributed by atoms with E-state index in [0.717, 1.165) is 51.2 Å². The molecule has 2 aliphatic heterocycles. The number of rotatable bonds is 4. The van der Waals surface area contributed by atoms with Crippen LogP contribution in [0.15, 0.2) is 24.3 Å². The third kappa shape index (κ3) is 5.86. The van der Waals surface area contributed by atoms with Gasteiger partial charge in [-0.3, -0.25) is 4.79 Å². The highest BCUT2D eigenvalue weighted by Crippen LogP contribution is 2.35. The molecule has 1 unspecified atom stereocenters. The summed E-state index contributed by atoms with van der Waals surface area (Å²) in [5.41, 5.74) is 0.179. The summed E-state index contributed by atoms with van der Waals surface area (Å²) >= 11 is 0. The van der Waals surface area contributed by atoms with E-state index in [4.69, 9.17) is 0 Å². The summed E-state index contributed by atoms with van der Waals surface area (Å²) in [6.07, 6.45) is 0.187. The zero-order valence-electron chi connectivity index (χ0n) is 16.6. The third-order valence-corrected chi connectivity index (χ3v) is 5.88. The molecule has 0 aromatic heterocycles. The molecule has 0 radical (unpaired) electrons. The molecule has 158 valence electrons. The van der Waals surface area contributed by atoms with Gasteiger partial charge in [0, 0.05) is 19.1 Å². The topological polar surface area (TPSA) is 23.6 Å². The predicted octanol–water partition coefficient (Wildman–Crippen LogP) is 4.78. The van der Waals surface area contributed by atoms with Crippen molar-refractivity contribution in [2.45, 2.75) is 58.2 Å². The van der Waals surface area contributed by atoms with Crippen LogP contribution in [-0.2, 0) is 17.4 Å². The number of halogens is 4. The number of hydrogen-bond donors (Lipinski definition) is 0. The lowest BCUT2D eigenvalue weighted by atomic mass is 9.78. The number of carbonyl (C=O) groups excluding carboxylic acids is 1. The van der Waals surface area contributed by atoms with Crippen molar-refractivity contribution in [3.05, 3.63) is 35.4 Å². The SMILES string of the molecule is CC1(C)CCN(C(=O)Cc2ccc(C(F)(F)F)cc2)C(CN2CCCC2)C1.Cl. The van der Waals surface area contributed by atoms with Gasteiger partial charge in [0.2, 0.25) is 5.91 Å². The summed E-state index contributed by atoms with van der Waals surface area (Å²) in [6, 6.07) is 5.15. The van der Waals surface area contributed by atoms with E-state index in [0.29, 0.717) is 5.56 Å². The molecule has 2 heterocycles. The molecule has 3 rings (SSSR count). The Labute approximate surface area is 171 Å². The van der Waals surface area contributed by atoms with Crippen LogP contribution in [0.1, 0.15) is 50.7 Å². The summed E-state index contributed by atoms with van der Waals surface area (Å²) in [5, 5.41) is 0. The van der Waals surface area contributed by atoms with Crippen molar-refractivity contribution in [1.29, 1.82) is 0 Å². The summed E-state index contributed by atoms with van der Waals surface area (Å²) in [7, 11) is 0. The third-order valence-electron chi connectivity index (χ3n) is 5.88. The molecule has 2 saturated heterocycles. The van der Waals surface area contributed by atoms with Crippen molar-refractivity contribution in [3.63, 3.8) is 0 Å². The van der Waals surface area contributed by atoms with Crippen LogP contribution in [0.3, 0.4) is 0 Å². The van der Waals surface area contributed by atoms with Gasteiger partial charge in [0.1, 0.15) is 0 Å². The van der Waals surface area contributed by atoms with Crippen LogP contribution in [0.5, 0.6) is 0 Å². The molecular weight excluding hydrogens is 389 g/mol. The van der Waals surface area contributed by atoms with Crippen molar-refractivity contribution in [2.24, 2.45) is 5.41 Å².